The molecule has 0 aliphatic heterocycles. The SMILES string of the molecule is Cc1nc2c(C(C)C)c(C)ccc2[nH]1. The van der Waals surface area contributed by atoms with E-state index in [1.54, 1.807) is 0 Å². The van der Waals surface area contributed by atoms with Crippen molar-refractivity contribution in [1.82, 2.24) is 9.97 Å². The molecule has 0 amide bonds. The monoisotopic (exact) mass is 188 g/mol. The summed E-state index contributed by atoms with van der Waals surface area (Å²) in [5.41, 5.74) is 4.99. The molecule has 0 aliphatic carbocycles. The molecule has 0 saturated heterocycles. The van der Waals surface area contributed by atoms with Gasteiger partial charge in [0.05, 0.1) is 11.0 Å². The molecule has 0 saturated carbocycles. The van der Waals surface area contributed by atoms with Gasteiger partial charge < -0.3 is 4.98 Å². The van der Waals surface area contributed by atoms with E-state index in [2.05, 4.69) is 42.9 Å². The minimum atomic E-state index is 0.529. The Morgan fingerprint density at radius 1 is 1.21 bits per heavy atom. The highest BCUT2D eigenvalue weighted by Gasteiger charge is 2.11. The second kappa shape index (κ2) is 3.12. The van der Waals surface area contributed by atoms with E-state index in [0.717, 1.165) is 16.9 Å². The molecule has 14 heavy (non-hydrogen) atoms. The fourth-order valence-corrected chi connectivity index (χ4v) is 2.05. The molecule has 0 bridgehead atoms. The number of nitrogens with one attached hydrogen (secondary N) is 1. The van der Waals surface area contributed by atoms with E-state index in [0.29, 0.717) is 5.92 Å². The molecule has 0 aliphatic rings. The zero-order chi connectivity index (χ0) is 10.3. The maximum atomic E-state index is 4.54. The topological polar surface area (TPSA) is 28.7 Å². The van der Waals surface area contributed by atoms with Crippen molar-refractivity contribution < 1.29 is 0 Å². The largest absolute Gasteiger partial charge is 0.342 e. The molecule has 2 nitrogen and oxygen atoms in total. The van der Waals surface area contributed by atoms with Gasteiger partial charge in [-0.2, -0.15) is 0 Å². The van der Waals surface area contributed by atoms with Crippen LogP contribution in [0, 0.1) is 13.8 Å². The quantitative estimate of drug-likeness (QED) is 0.730. The van der Waals surface area contributed by atoms with Crippen molar-refractivity contribution in [2.75, 3.05) is 0 Å². The van der Waals surface area contributed by atoms with Crippen LogP contribution >= 0.6 is 0 Å². The van der Waals surface area contributed by atoms with Crippen LogP contribution < -0.4 is 0 Å². The third-order valence-corrected chi connectivity index (χ3v) is 2.61. The second-order valence-corrected chi connectivity index (χ2v) is 4.17. The van der Waals surface area contributed by atoms with E-state index in [1.807, 2.05) is 6.92 Å². The Kier molecular flexibility index (Phi) is 2.06. The van der Waals surface area contributed by atoms with E-state index in [9.17, 15) is 0 Å². The highest BCUT2D eigenvalue weighted by atomic mass is 14.9. The maximum absolute atomic E-state index is 4.54. The van der Waals surface area contributed by atoms with Crippen LogP contribution in [0.5, 0.6) is 0 Å². The van der Waals surface area contributed by atoms with Crippen LogP contribution in [0.15, 0.2) is 12.1 Å². The predicted octanol–water partition coefficient (Wildman–Crippen LogP) is 3.30. The van der Waals surface area contributed by atoms with Crippen LogP contribution in [0.25, 0.3) is 11.0 Å². The Bertz CT molecular complexity index is 466. The normalized spacial score (nSPS) is 11.5. The van der Waals surface area contributed by atoms with E-state index >= 15 is 0 Å². The van der Waals surface area contributed by atoms with Gasteiger partial charge >= 0.3 is 0 Å². The molecule has 1 N–H and O–H groups in total. The van der Waals surface area contributed by atoms with Crippen molar-refractivity contribution in [2.24, 2.45) is 0 Å². The van der Waals surface area contributed by atoms with Crippen molar-refractivity contribution in [1.29, 1.82) is 0 Å². The number of aromatic amines is 1. The Morgan fingerprint density at radius 2 is 1.93 bits per heavy atom. The molecular weight excluding hydrogens is 172 g/mol. The third kappa shape index (κ3) is 1.31. The number of H-pyrrole nitrogens is 1. The number of hydrogen-bond acceptors (Lipinski definition) is 1. The molecule has 1 aromatic heterocycles. The van der Waals surface area contributed by atoms with Gasteiger partial charge in [-0.15, -0.1) is 0 Å². The maximum Gasteiger partial charge on any atom is 0.104 e. The number of aryl methyl sites for hydroxylation is 2. The Hall–Kier alpha value is -1.31. The minimum Gasteiger partial charge on any atom is -0.342 e. The van der Waals surface area contributed by atoms with Crippen molar-refractivity contribution in [3.8, 4) is 0 Å². The number of aromatic nitrogens is 2. The first-order valence-corrected chi connectivity index (χ1v) is 5.05. The van der Waals surface area contributed by atoms with Crippen LogP contribution in [0.4, 0.5) is 0 Å². The van der Waals surface area contributed by atoms with Gasteiger partial charge in [0, 0.05) is 0 Å². The number of benzene rings is 1. The summed E-state index contributed by atoms with van der Waals surface area (Å²) in [7, 11) is 0. The summed E-state index contributed by atoms with van der Waals surface area (Å²) >= 11 is 0. The van der Waals surface area contributed by atoms with Crippen molar-refractivity contribution in [3.63, 3.8) is 0 Å². The van der Waals surface area contributed by atoms with Crippen molar-refractivity contribution >= 4 is 11.0 Å². The van der Waals surface area contributed by atoms with Crippen molar-refractivity contribution in [3.05, 3.63) is 29.1 Å². The number of fused-ring (bicyclic) bond motifs is 1. The van der Waals surface area contributed by atoms with Crippen LogP contribution in [-0.2, 0) is 0 Å². The first kappa shape index (κ1) is 9.25. The average Bonchev–Trinajstić information content (AvgIpc) is 2.43. The predicted molar refractivity (Wildman–Crippen MR) is 59.7 cm³/mol. The average molecular weight is 188 g/mol. The Labute approximate surface area is 84.4 Å². The summed E-state index contributed by atoms with van der Waals surface area (Å²) < 4.78 is 0. The second-order valence-electron chi connectivity index (χ2n) is 4.17. The van der Waals surface area contributed by atoms with Gasteiger partial charge in [0.15, 0.2) is 0 Å². The summed E-state index contributed by atoms with van der Waals surface area (Å²) in [6, 6.07) is 4.27. The molecule has 2 aromatic rings. The van der Waals surface area contributed by atoms with Crippen LogP contribution in [-0.4, -0.2) is 9.97 Å². The minimum absolute atomic E-state index is 0.529. The summed E-state index contributed by atoms with van der Waals surface area (Å²) in [5.74, 6) is 1.52. The van der Waals surface area contributed by atoms with Crippen LogP contribution in [0.2, 0.25) is 0 Å². The van der Waals surface area contributed by atoms with Gasteiger partial charge in [-0.1, -0.05) is 19.9 Å². The summed E-state index contributed by atoms with van der Waals surface area (Å²) in [4.78, 5) is 7.81. The van der Waals surface area contributed by atoms with Gasteiger partial charge in [0.25, 0.3) is 0 Å². The lowest BCUT2D eigenvalue weighted by Gasteiger charge is -2.09. The van der Waals surface area contributed by atoms with Gasteiger partial charge in [-0.25, -0.2) is 4.98 Å². The Balaban J connectivity index is 2.82. The third-order valence-electron chi connectivity index (χ3n) is 2.61. The van der Waals surface area contributed by atoms with E-state index < -0.39 is 0 Å². The highest BCUT2D eigenvalue weighted by Crippen LogP contribution is 2.26. The van der Waals surface area contributed by atoms with E-state index in [4.69, 9.17) is 0 Å². The summed E-state index contributed by atoms with van der Waals surface area (Å²) in [5, 5.41) is 0. The molecule has 0 fully saturated rings. The van der Waals surface area contributed by atoms with Gasteiger partial charge in [-0.05, 0) is 37.0 Å². The molecule has 0 atom stereocenters. The number of imidazole rings is 1. The lowest BCUT2D eigenvalue weighted by atomic mass is 9.96. The molecule has 0 unspecified atom stereocenters. The molecule has 0 spiro atoms. The lowest BCUT2D eigenvalue weighted by Crippen LogP contribution is -1.93. The first-order chi connectivity index (χ1) is 6.59. The molecule has 74 valence electrons. The standard InChI is InChI=1S/C12H16N2/c1-7(2)11-8(3)5-6-10-12(11)14-9(4)13-10/h5-7H,1-4H3,(H,13,14). The number of hydrogen-bond donors (Lipinski definition) is 1. The fourth-order valence-electron chi connectivity index (χ4n) is 2.05. The zero-order valence-electron chi connectivity index (χ0n) is 9.18. The summed E-state index contributed by atoms with van der Waals surface area (Å²) in [6.07, 6.45) is 0. The van der Waals surface area contributed by atoms with Gasteiger partial charge in [0.2, 0.25) is 0 Å². The van der Waals surface area contributed by atoms with E-state index in [1.165, 1.54) is 11.1 Å². The van der Waals surface area contributed by atoms with Gasteiger partial charge in [-0.3, -0.25) is 0 Å². The smallest absolute Gasteiger partial charge is 0.104 e. The highest BCUT2D eigenvalue weighted by molar-refractivity contribution is 5.80. The zero-order valence-corrected chi connectivity index (χ0v) is 9.18. The molecule has 2 heteroatoms. The van der Waals surface area contributed by atoms with E-state index in [-0.39, 0.29) is 0 Å². The molecule has 2 rings (SSSR count). The number of nitrogens with zero attached hydrogens (tertiary/aromatic N) is 1. The number of rotatable bonds is 1. The first-order valence-electron chi connectivity index (χ1n) is 5.05. The van der Waals surface area contributed by atoms with Crippen LogP contribution in [0.3, 0.4) is 0 Å². The fraction of sp³-hybridized carbons (Fsp3) is 0.417. The van der Waals surface area contributed by atoms with Gasteiger partial charge in [0.1, 0.15) is 5.82 Å². The molecule has 1 heterocycles. The Morgan fingerprint density at radius 3 is 2.57 bits per heavy atom. The molecule has 0 radical (unpaired) electrons. The lowest BCUT2D eigenvalue weighted by molar-refractivity contribution is 0.863. The van der Waals surface area contributed by atoms with Crippen molar-refractivity contribution in [2.45, 2.75) is 33.6 Å². The molecule has 1 aromatic carbocycles. The molecular formula is C12H16N2. The summed E-state index contributed by atoms with van der Waals surface area (Å²) in [6.45, 7) is 8.58. The van der Waals surface area contributed by atoms with Crippen LogP contribution in [0.1, 0.15) is 36.7 Å².